The average molecular weight is 364 g/mol. The third-order valence-corrected chi connectivity index (χ3v) is 4.85. The molecule has 0 bridgehead atoms. The van der Waals surface area contributed by atoms with E-state index in [-0.39, 0.29) is 11.1 Å². The standard InChI is InChI=1S/C21H14ClNO3/c1-23-16-10-6-5-9-14(16)17(19(23)22)18-15(20(24)26-21(18)25)12-11-13-7-3-2-4-8-13/h2-12H,1H3/b12-11+. The zero-order chi connectivity index (χ0) is 18.3. The van der Waals surface area contributed by atoms with E-state index in [1.54, 1.807) is 16.7 Å². The molecule has 5 heteroatoms. The molecule has 0 aliphatic carbocycles. The number of esters is 2. The lowest BCUT2D eigenvalue weighted by atomic mass is 10.00. The third-order valence-electron chi connectivity index (χ3n) is 4.41. The van der Waals surface area contributed by atoms with Crippen LogP contribution in [-0.4, -0.2) is 16.5 Å². The van der Waals surface area contributed by atoms with Crippen molar-refractivity contribution in [1.29, 1.82) is 0 Å². The summed E-state index contributed by atoms with van der Waals surface area (Å²) in [5.74, 6) is -1.35. The van der Waals surface area contributed by atoms with Gasteiger partial charge in [0.1, 0.15) is 5.15 Å². The van der Waals surface area contributed by atoms with E-state index in [2.05, 4.69) is 0 Å². The maximum atomic E-state index is 12.4. The Labute approximate surface area is 154 Å². The van der Waals surface area contributed by atoms with Crippen molar-refractivity contribution in [3.63, 3.8) is 0 Å². The summed E-state index contributed by atoms with van der Waals surface area (Å²) in [6.07, 6.45) is 3.38. The molecule has 0 spiro atoms. The fourth-order valence-electron chi connectivity index (χ4n) is 3.13. The molecule has 0 amide bonds. The largest absolute Gasteiger partial charge is 0.386 e. The van der Waals surface area contributed by atoms with Crippen LogP contribution in [0, 0.1) is 0 Å². The molecule has 1 aliphatic rings. The van der Waals surface area contributed by atoms with Crippen molar-refractivity contribution >= 4 is 46.1 Å². The molecule has 3 aromatic rings. The van der Waals surface area contributed by atoms with Gasteiger partial charge in [-0.1, -0.05) is 66.2 Å². The van der Waals surface area contributed by atoms with Crippen molar-refractivity contribution in [3.8, 4) is 0 Å². The minimum atomic E-state index is -0.680. The third kappa shape index (κ3) is 2.55. The number of fused-ring (bicyclic) bond motifs is 1. The van der Waals surface area contributed by atoms with Crippen molar-refractivity contribution in [2.45, 2.75) is 0 Å². The van der Waals surface area contributed by atoms with Gasteiger partial charge in [-0.05, 0) is 17.7 Å². The number of halogens is 1. The summed E-state index contributed by atoms with van der Waals surface area (Å²) in [7, 11) is 1.82. The van der Waals surface area contributed by atoms with Crippen molar-refractivity contribution in [3.05, 3.63) is 82.5 Å². The quantitative estimate of drug-likeness (QED) is 0.512. The number of carbonyl (C=O) groups excluding carboxylic acids is 2. The topological polar surface area (TPSA) is 48.3 Å². The van der Waals surface area contributed by atoms with Gasteiger partial charge in [0.25, 0.3) is 0 Å². The Morgan fingerprint density at radius 1 is 0.923 bits per heavy atom. The van der Waals surface area contributed by atoms with Crippen LogP contribution in [0.2, 0.25) is 5.15 Å². The van der Waals surface area contributed by atoms with Gasteiger partial charge in [0.2, 0.25) is 0 Å². The number of cyclic esters (lactones) is 2. The lowest BCUT2D eigenvalue weighted by molar-refractivity contribution is -0.150. The molecule has 0 saturated heterocycles. The van der Waals surface area contributed by atoms with Gasteiger partial charge in [-0.25, -0.2) is 9.59 Å². The number of rotatable bonds is 3. The zero-order valence-electron chi connectivity index (χ0n) is 13.9. The highest BCUT2D eigenvalue weighted by Crippen LogP contribution is 2.39. The second-order valence-electron chi connectivity index (χ2n) is 5.95. The van der Waals surface area contributed by atoms with Gasteiger partial charge in [0, 0.05) is 23.5 Å². The van der Waals surface area contributed by atoms with Crippen LogP contribution in [0.15, 0.2) is 66.2 Å². The van der Waals surface area contributed by atoms with Crippen molar-refractivity contribution in [2.24, 2.45) is 7.05 Å². The van der Waals surface area contributed by atoms with E-state index in [0.29, 0.717) is 10.7 Å². The summed E-state index contributed by atoms with van der Waals surface area (Å²) >= 11 is 6.50. The van der Waals surface area contributed by atoms with Crippen molar-refractivity contribution in [2.75, 3.05) is 0 Å². The van der Waals surface area contributed by atoms with E-state index in [9.17, 15) is 9.59 Å². The fraction of sp³-hybridized carbons (Fsp3) is 0.0476. The van der Waals surface area contributed by atoms with E-state index < -0.39 is 11.9 Å². The lowest BCUT2D eigenvalue weighted by Gasteiger charge is -2.00. The van der Waals surface area contributed by atoms with Crippen LogP contribution in [-0.2, 0) is 21.4 Å². The van der Waals surface area contributed by atoms with Crippen LogP contribution in [0.5, 0.6) is 0 Å². The minimum Gasteiger partial charge on any atom is -0.386 e. The number of aromatic nitrogens is 1. The lowest BCUT2D eigenvalue weighted by Crippen LogP contribution is -2.02. The van der Waals surface area contributed by atoms with E-state index in [0.717, 1.165) is 16.5 Å². The van der Waals surface area contributed by atoms with Gasteiger partial charge in [-0.3, -0.25) is 0 Å². The fourth-order valence-corrected chi connectivity index (χ4v) is 3.42. The van der Waals surface area contributed by atoms with Crippen LogP contribution < -0.4 is 0 Å². The maximum Gasteiger partial charge on any atom is 0.347 e. The summed E-state index contributed by atoms with van der Waals surface area (Å²) in [5, 5.41) is 1.19. The molecule has 26 heavy (non-hydrogen) atoms. The first-order valence-electron chi connectivity index (χ1n) is 8.05. The van der Waals surface area contributed by atoms with Crippen LogP contribution in [0.25, 0.3) is 22.6 Å². The Balaban J connectivity index is 1.94. The highest BCUT2D eigenvalue weighted by molar-refractivity contribution is 6.40. The highest BCUT2D eigenvalue weighted by Gasteiger charge is 2.35. The maximum absolute atomic E-state index is 12.4. The Bertz CT molecular complexity index is 1110. The molecule has 2 aromatic carbocycles. The van der Waals surface area contributed by atoms with Crippen molar-refractivity contribution < 1.29 is 14.3 Å². The zero-order valence-corrected chi connectivity index (χ0v) is 14.7. The smallest absolute Gasteiger partial charge is 0.347 e. The summed E-state index contributed by atoms with van der Waals surface area (Å²) in [6.45, 7) is 0. The van der Waals surface area contributed by atoms with E-state index in [1.165, 1.54) is 0 Å². The molecule has 0 unspecified atom stereocenters. The van der Waals surface area contributed by atoms with Crippen molar-refractivity contribution in [1.82, 2.24) is 4.57 Å². The molecular weight excluding hydrogens is 350 g/mol. The molecule has 1 aromatic heterocycles. The van der Waals surface area contributed by atoms with Gasteiger partial charge < -0.3 is 9.30 Å². The Hall–Kier alpha value is -3.11. The number of hydrogen-bond acceptors (Lipinski definition) is 3. The van der Waals surface area contributed by atoms with Gasteiger partial charge in [0.15, 0.2) is 0 Å². The average Bonchev–Trinajstić information content (AvgIpc) is 3.07. The molecule has 0 saturated carbocycles. The number of benzene rings is 2. The first-order valence-corrected chi connectivity index (χ1v) is 8.43. The second kappa shape index (κ2) is 6.32. The highest BCUT2D eigenvalue weighted by atomic mass is 35.5. The predicted molar refractivity (Wildman–Crippen MR) is 101 cm³/mol. The minimum absolute atomic E-state index is 0.198. The molecule has 0 fully saturated rings. The van der Waals surface area contributed by atoms with Gasteiger partial charge in [0.05, 0.1) is 11.1 Å². The Morgan fingerprint density at radius 3 is 2.38 bits per heavy atom. The second-order valence-corrected chi connectivity index (χ2v) is 6.31. The molecule has 0 N–H and O–H groups in total. The van der Waals surface area contributed by atoms with Crippen LogP contribution in [0.3, 0.4) is 0 Å². The molecular formula is C21H14ClNO3. The van der Waals surface area contributed by atoms with Gasteiger partial charge >= 0.3 is 11.9 Å². The van der Waals surface area contributed by atoms with E-state index in [4.69, 9.17) is 16.3 Å². The van der Waals surface area contributed by atoms with E-state index >= 15 is 0 Å². The summed E-state index contributed by atoms with van der Waals surface area (Å²) in [5.41, 5.74) is 2.71. The molecule has 2 heterocycles. The van der Waals surface area contributed by atoms with E-state index in [1.807, 2.05) is 61.6 Å². The van der Waals surface area contributed by atoms with Gasteiger partial charge in [-0.15, -0.1) is 0 Å². The SMILES string of the molecule is Cn1c(Cl)c(C2=C(/C=C/c3ccccc3)C(=O)OC2=O)c2ccccc21. The summed E-state index contributed by atoms with van der Waals surface area (Å²) in [4.78, 5) is 24.7. The first-order chi connectivity index (χ1) is 12.6. The number of aryl methyl sites for hydroxylation is 1. The number of hydrogen-bond donors (Lipinski definition) is 0. The van der Waals surface area contributed by atoms with Gasteiger partial charge in [-0.2, -0.15) is 0 Å². The summed E-state index contributed by atoms with van der Waals surface area (Å²) < 4.78 is 6.66. The molecule has 1 aliphatic heterocycles. The first kappa shape index (κ1) is 16.4. The monoisotopic (exact) mass is 363 g/mol. The predicted octanol–water partition coefficient (Wildman–Crippen LogP) is 4.38. The Kier molecular flexibility index (Phi) is 3.98. The molecule has 0 radical (unpaired) electrons. The van der Waals surface area contributed by atoms with Crippen LogP contribution >= 0.6 is 11.6 Å². The number of nitrogens with zero attached hydrogens (tertiary/aromatic N) is 1. The molecule has 4 nitrogen and oxygen atoms in total. The van der Waals surface area contributed by atoms with Crippen LogP contribution in [0.1, 0.15) is 11.1 Å². The number of ether oxygens (including phenoxy) is 1. The molecule has 4 rings (SSSR count). The summed E-state index contributed by atoms with van der Waals surface area (Å²) in [6, 6.07) is 17.1. The normalized spacial score (nSPS) is 14.7. The molecule has 0 atom stereocenters. The number of carbonyl (C=O) groups is 2. The van der Waals surface area contributed by atoms with Crippen LogP contribution in [0.4, 0.5) is 0 Å². The Morgan fingerprint density at radius 2 is 1.62 bits per heavy atom. The molecule has 128 valence electrons. The number of para-hydroxylation sites is 1.